The highest BCUT2D eigenvalue weighted by molar-refractivity contribution is 6.31. The molecule has 1 nitrogen and oxygen atoms in total. The van der Waals surface area contributed by atoms with Gasteiger partial charge in [-0.15, -0.1) is 0 Å². The molecule has 0 saturated heterocycles. The van der Waals surface area contributed by atoms with E-state index in [0.29, 0.717) is 0 Å². The van der Waals surface area contributed by atoms with Gasteiger partial charge in [-0.3, -0.25) is 0 Å². The SMILES string of the molecule is Cc1ccc(C(F)(F)CO)c(Cl)c1. The van der Waals surface area contributed by atoms with Gasteiger partial charge in [-0.1, -0.05) is 23.7 Å². The number of aliphatic hydroxyl groups is 1. The van der Waals surface area contributed by atoms with Crippen LogP contribution in [-0.2, 0) is 5.92 Å². The average molecular weight is 207 g/mol. The molecular formula is C9H9ClF2O. The first-order valence-electron chi connectivity index (χ1n) is 3.72. The molecule has 0 aromatic heterocycles. The zero-order valence-corrected chi connectivity index (χ0v) is 7.78. The molecule has 1 rings (SSSR count). The molecule has 0 spiro atoms. The van der Waals surface area contributed by atoms with Gasteiger partial charge in [0.15, 0.2) is 0 Å². The number of alkyl halides is 2. The van der Waals surface area contributed by atoms with Crippen LogP contribution >= 0.6 is 11.6 Å². The third-order valence-electron chi connectivity index (χ3n) is 1.72. The maximum Gasteiger partial charge on any atom is 0.297 e. The number of aryl methyl sites for hydroxylation is 1. The zero-order chi connectivity index (χ0) is 10.1. The van der Waals surface area contributed by atoms with Gasteiger partial charge in [0.05, 0.1) is 5.02 Å². The van der Waals surface area contributed by atoms with E-state index in [9.17, 15) is 8.78 Å². The van der Waals surface area contributed by atoms with Crippen molar-refractivity contribution in [3.05, 3.63) is 34.3 Å². The molecular weight excluding hydrogens is 198 g/mol. The van der Waals surface area contributed by atoms with Gasteiger partial charge >= 0.3 is 0 Å². The van der Waals surface area contributed by atoms with Crippen LogP contribution in [0.1, 0.15) is 11.1 Å². The highest BCUT2D eigenvalue weighted by Gasteiger charge is 2.32. The molecule has 0 atom stereocenters. The topological polar surface area (TPSA) is 20.2 Å². The predicted octanol–water partition coefficient (Wildman–Crippen LogP) is 2.73. The van der Waals surface area contributed by atoms with Crippen LogP contribution in [0.3, 0.4) is 0 Å². The lowest BCUT2D eigenvalue weighted by Crippen LogP contribution is -2.18. The van der Waals surface area contributed by atoms with Crippen molar-refractivity contribution < 1.29 is 13.9 Å². The number of hydrogen-bond acceptors (Lipinski definition) is 1. The second-order valence-electron chi connectivity index (χ2n) is 2.85. The van der Waals surface area contributed by atoms with Crippen molar-refractivity contribution in [1.82, 2.24) is 0 Å². The van der Waals surface area contributed by atoms with Crippen LogP contribution in [0, 0.1) is 6.92 Å². The van der Waals surface area contributed by atoms with Crippen LogP contribution in [0.15, 0.2) is 18.2 Å². The molecule has 0 fully saturated rings. The summed E-state index contributed by atoms with van der Waals surface area (Å²) in [7, 11) is 0. The fraction of sp³-hybridized carbons (Fsp3) is 0.333. The molecule has 1 aromatic carbocycles. The number of halogens is 3. The van der Waals surface area contributed by atoms with E-state index in [1.165, 1.54) is 18.2 Å². The molecule has 1 aromatic rings. The standard InChI is InChI=1S/C9H9ClF2O/c1-6-2-3-7(8(10)4-6)9(11,12)5-13/h2-4,13H,5H2,1H3. The summed E-state index contributed by atoms with van der Waals surface area (Å²) in [6.07, 6.45) is 0. The Bertz CT molecular complexity index is 312. The summed E-state index contributed by atoms with van der Waals surface area (Å²) in [5.74, 6) is -3.26. The number of benzene rings is 1. The van der Waals surface area contributed by atoms with Gasteiger partial charge < -0.3 is 5.11 Å². The van der Waals surface area contributed by atoms with Crippen molar-refractivity contribution in [3.8, 4) is 0 Å². The van der Waals surface area contributed by atoms with E-state index in [1.54, 1.807) is 6.92 Å². The van der Waals surface area contributed by atoms with Gasteiger partial charge in [0.25, 0.3) is 5.92 Å². The van der Waals surface area contributed by atoms with Crippen LogP contribution in [0.2, 0.25) is 5.02 Å². The van der Waals surface area contributed by atoms with Crippen LogP contribution in [0.5, 0.6) is 0 Å². The highest BCUT2D eigenvalue weighted by Crippen LogP contribution is 2.33. The van der Waals surface area contributed by atoms with Crippen LogP contribution in [0.25, 0.3) is 0 Å². The van der Waals surface area contributed by atoms with Gasteiger partial charge in [-0.25, -0.2) is 0 Å². The lowest BCUT2D eigenvalue weighted by atomic mass is 10.1. The quantitative estimate of drug-likeness (QED) is 0.789. The second kappa shape index (κ2) is 3.60. The maximum atomic E-state index is 12.9. The Morgan fingerprint density at radius 1 is 1.46 bits per heavy atom. The minimum absolute atomic E-state index is 0.0148. The number of rotatable bonds is 2. The van der Waals surface area contributed by atoms with Crippen molar-refractivity contribution in [2.24, 2.45) is 0 Å². The number of aliphatic hydroxyl groups excluding tert-OH is 1. The Kier molecular flexibility index (Phi) is 2.88. The Morgan fingerprint density at radius 2 is 2.08 bits per heavy atom. The van der Waals surface area contributed by atoms with Gasteiger partial charge in [0, 0.05) is 5.56 Å². The molecule has 0 amide bonds. The Balaban J connectivity index is 3.16. The van der Waals surface area contributed by atoms with Crippen molar-refractivity contribution in [3.63, 3.8) is 0 Å². The Morgan fingerprint density at radius 3 is 2.54 bits per heavy atom. The molecule has 0 aliphatic rings. The molecule has 1 N–H and O–H groups in total. The third kappa shape index (κ3) is 2.17. The summed E-state index contributed by atoms with van der Waals surface area (Å²) < 4.78 is 25.9. The second-order valence-corrected chi connectivity index (χ2v) is 3.25. The van der Waals surface area contributed by atoms with Crippen LogP contribution < -0.4 is 0 Å². The maximum absolute atomic E-state index is 12.9. The first kappa shape index (κ1) is 10.4. The molecule has 0 radical (unpaired) electrons. The minimum Gasteiger partial charge on any atom is -0.390 e. The van der Waals surface area contributed by atoms with Gasteiger partial charge in [0.2, 0.25) is 0 Å². The molecule has 0 aliphatic heterocycles. The summed E-state index contributed by atoms with van der Waals surface area (Å²) >= 11 is 5.60. The monoisotopic (exact) mass is 206 g/mol. The summed E-state index contributed by atoms with van der Waals surface area (Å²) in [6, 6.07) is 4.21. The van der Waals surface area contributed by atoms with Crippen molar-refractivity contribution >= 4 is 11.6 Å². The van der Waals surface area contributed by atoms with E-state index in [4.69, 9.17) is 16.7 Å². The van der Waals surface area contributed by atoms with E-state index in [0.717, 1.165) is 5.56 Å². The summed E-state index contributed by atoms with van der Waals surface area (Å²) in [5.41, 5.74) is 0.477. The van der Waals surface area contributed by atoms with Gasteiger partial charge in [-0.05, 0) is 18.6 Å². The molecule has 13 heavy (non-hydrogen) atoms. The fourth-order valence-electron chi connectivity index (χ4n) is 1.00. The average Bonchev–Trinajstić information content (AvgIpc) is 2.03. The Labute approximate surface area is 80.0 Å². The summed E-state index contributed by atoms with van der Waals surface area (Å²) in [4.78, 5) is 0. The lowest BCUT2D eigenvalue weighted by Gasteiger charge is -2.15. The molecule has 0 bridgehead atoms. The normalized spacial score (nSPS) is 11.8. The first-order chi connectivity index (χ1) is 5.97. The van der Waals surface area contributed by atoms with Crippen molar-refractivity contribution in [1.29, 1.82) is 0 Å². The zero-order valence-electron chi connectivity index (χ0n) is 7.02. The molecule has 0 aliphatic carbocycles. The fourth-order valence-corrected chi connectivity index (χ4v) is 1.38. The van der Waals surface area contributed by atoms with Crippen LogP contribution in [0.4, 0.5) is 8.78 Å². The highest BCUT2D eigenvalue weighted by atomic mass is 35.5. The predicted molar refractivity (Wildman–Crippen MR) is 47.2 cm³/mol. The molecule has 0 heterocycles. The largest absolute Gasteiger partial charge is 0.390 e. The van der Waals surface area contributed by atoms with E-state index in [1.807, 2.05) is 0 Å². The molecule has 72 valence electrons. The summed E-state index contributed by atoms with van der Waals surface area (Å²) in [6.45, 7) is 0.530. The van der Waals surface area contributed by atoms with E-state index < -0.39 is 12.5 Å². The smallest absolute Gasteiger partial charge is 0.297 e. The molecule has 0 unspecified atom stereocenters. The van der Waals surface area contributed by atoms with E-state index in [2.05, 4.69) is 0 Å². The van der Waals surface area contributed by atoms with Gasteiger partial charge in [-0.2, -0.15) is 8.78 Å². The van der Waals surface area contributed by atoms with Crippen molar-refractivity contribution in [2.45, 2.75) is 12.8 Å². The lowest BCUT2D eigenvalue weighted by molar-refractivity contribution is -0.0555. The molecule has 4 heteroatoms. The Hall–Kier alpha value is -0.670. The third-order valence-corrected chi connectivity index (χ3v) is 2.03. The van der Waals surface area contributed by atoms with Crippen molar-refractivity contribution in [2.75, 3.05) is 6.61 Å². The minimum atomic E-state index is -3.26. The molecule has 0 saturated carbocycles. The number of hydrogen-bond donors (Lipinski definition) is 1. The van der Waals surface area contributed by atoms with E-state index in [-0.39, 0.29) is 10.6 Å². The van der Waals surface area contributed by atoms with Gasteiger partial charge in [0.1, 0.15) is 6.61 Å². The van der Waals surface area contributed by atoms with Crippen LogP contribution in [-0.4, -0.2) is 11.7 Å². The first-order valence-corrected chi connectivity index (χ1v) is 4.10. The summed E-state index contributed by atoms with van der Waals surface area (Å²) in [5, 5.41) is 8.42. The van der Waals surface area contributed by atoms with E-state index >= 15 is 0 Å².